The molecule has 2 heteroatoms. The molecule has 0 spiro atoms. The second kappa shape index (κ2) is 6.93. The Morgan fingerprint density at radius 2 is 1.48 bits per heavy atom. The van der Waals surface area contributed by atoms with Crippen molar-refractivity contribution in [1.29, 1.82) is 0 Å². The number of aromatic hydroxyl groups is 1. The van der Waals surface area contributed by atoms with E-state index >= 15 is 0 Å². The predicted octanol–water partition coefficient (Wildman–Crippen LogP) is 4.60. The van der Waals surface area contributed by atoms with Crippen LogP contribution in [0, 0.1) is 0 Å². The summed E-state index contributed by atoms with van der Waals surface area (Å²) in [7, 11) is 0. The first-order valence-corrected chi connectivity index (χ1v) is 7.66. The van der Waals surface area contributed by atoms with Crippen LogP contribution in [0.25, 0.3) is 0 Å². The molecule has 23 heavy (non-hydrogen) atoms. The fourth-order valence-corrected chi connectivity index (χ4v) is 2.77. The molecule has 1 N–H and O–H groups in total. The van der Waals surface area contributed by atoms with Crippen molar-refractivity contribution >= 4 is 5.78 Å². The first-order valence-electron chi connectivity index (χ1n) is 7.66. The van der Waals surface area contributed by atoms with Crippen molar-refractivity contribution in [3.63, 3.8) is 0 Å². The maximum atomic E-state index is 13.0. The molecule has 1 unspecified atom stereocenters. The number of phenols is 1. The fourth-order valence-electron chi connectivity index (χ4n) is 2.77. The van der Waals surface area contributed by atoms with Gasteiger partial charge in [0.25, 0.3) is 0 Å². The van der Waals surface area contributed by atoms with Gasteiger partial charge in [0.05, 0.1) is 5.92 Å². The predicted molar refractivity (Wildman–Crippen MR) is 91.8 cm³/mol. The molecule has 114 valence electrons. The van der Waals surface area contributed by atoms with Gasteiger partial charge < -0.3 is 5.11 Å². The van der Waals surface area contributed by atoms with E-state index in [-0.39, 0.29) is 17.5 Å². The van der Waals surface area contributed by atoms with Gasteiger partial charge in [0.1, 0.15) is 5.75 Å². The van der Waals surface area contributed by atoms with Gasteiger partial charge in [-0.25, -0.2) is 0 Å². The van der Waals surface area contributed by atoms with Crippen LogP contribution in [0.4, 0.5) is 0 Å². The van der Waals surface area contributed by atoms with Crippen LogP contribution in [0.15, 0.2) is 84.9 Å². The molecule has 0 saturated heterocycles. The van der Waals surface area contributed by atoms with Crippen LogP contribution in [-0.2, 0) is 6.42 Å². The summed E-state index contributed by atoms with van der Waals surface area (Å²) in [5.41, 5.74) is 2.65. The molecule has 0 aliphatic carbocycles. The van der Waals surface area contributed by atoms with Gasteiger partial charge in [0.15, 0.2) is 5.78 Å². The minimum absolute atomic E-state index is 0.0974. The monoisotopic (exact) mass is 302 g/mol. The lowest BCUT2D eigenvalue weighted by molar-refractivity contribution is 0.0959. The van der Waals surface area contributed by atoms with Gasteiger partial charge in [-0.05, 0) is 29.7 Å². The highest BCUT2D eigenvalue weighted by atomic mass is 16.3. The lowest BCUT2D eigenvalue weighted by atomic mass is 9.85. The molecular formula is C21H18O2. The van der Waals surface area contributed by atoms with Crippen molar-refractivity contribution in [1.82, 2.24) is 0 Å². The summed E-state index contributed by atoms with van der Waals surface area (Å²) >= 11 is 0. The highest BCUT2D eigenvalue weighted by Crippen LogP contribution is 2.26. The van der Waals surface area contributed by atoms with Crippen molar-refractivity contribution in [2.75, 3.05) is 0 Å². The van der Waals surface area contributed by atoms with Crippen LogP contribution in [0.3, 0.4) is 0 Å². The van der Waals surface area contributed by atoms with Gasteiger partial charge in [-0.15, -0.1) is 0 Å². The Morgan fingerprint density at radius 3 is 2.13 bits per heavy atom. The number of ketones is 1. The quantitative estimate of drug-likeness (QED) is 0.699. The molecule has 0 bridgehead atoms. The summed E-state index contributed by atoms with van der Waals surface area (Å²) in [6, 6.07) is 26.3. The summed E-state index contributed by atoms with van der Waals surface area (Å²) in [4.78, 5) is 13.0. The minimum atomic E-state index is -0.264. The van der Waals surface area contributed by atoms with E-state index in [2.05, 4.69) is 0 Å². The smallest absolute Gasteiger partial charge is 0.170 e. The SMILES string of the molecule is O=C(c1ccccc1)C(Cc1cccc(O)c1)c1ccccc1. The molecule has 3 aromatic carbocycles. The second-order valence-electron chi connectivity index (χ2n) is 5.57. The highest BCUT2D eigenvalue weighted by molar-refractivity contribution is 6.01. The first kappa shape index (κ1) is 15.0. The molecule has 0 fully saturated rings. The van der Waals surface area contributed by atoms with Crippen molar-refractivity contribution in [2.24, 2.45) is 0 Å². The van der Waals surface area contributed by atoms with Gasteiger partial charge in [-0.2, -0.15) is 0 Å². The zero-order valence-corrected chi connectivity index (χ0v) is 12.7. The molecule has 0 saturated carbocycles. The van der Waals surface area contributed by atoms with E-state index in [4.69, 9.17) is 0 Å². The third kappa shape index (κ3) is 3.67. The number of benzene rings is 3. The Labute approximate surface area is 136 Å². The van der Waals surface area contributed by atoms with E-state index in [9.17, 15) is 9.90 Å². The van der Waals surface area contributed by atoms with E-state index in [0.717, 1.165) is 11.1 Å². The van der Waals surface area contributed by atoms with Crippen LogP contribution in [0.1, 0.15) is 27.4 Å². The standard InChI is InChI=1S/C21H18O2/c22-19-13-7-8-16(14-19)15-20(17-9-3-1-4-10-17)21(23)18-11-5-2-6-12-18/h1-14,20,22H,15H2. The van der Waals surface area contributed by atoms with Crippen molar-refractivity contribution < 1.29 is 9.90 Å². The average Bonchev–Trinajstić information content (AvgIpc) is 2.61. The van der Waals surface area contributed by atoms with Gasteiger partial charge in [-0.1, -0.05) is 72.8 Å². The van der Waals surface area contributed by atoms with Gasteiger partial charge in [-0.3, -0.25) is 4.79 Å². The van der Waals surface area contributed by atoms with Crippen LogP contribution in [0.5, 0.6) is 5.75 Å². The third-order valence-corrected chi connectivity index (χ3v) is 3.93. The average molecular weight is 302 g/mol. The lowest BCUT2D eigenvalue weighted by Crippen LogP contribution is -2.15. The highest BCUT2D eigenvalue weighted by Gasteiger charge is 2.22. The zero-order valence-electron chi connectivity index (χ0n) is 12.7. The van der Waals surface area contributed by atoms with E-state index in [1.807, 2.05) is 66.7 Å². The maximum Gasteiger partial charge on any atom is 0.170 e. The maximum absolute atomic E-state index is 13.0. The normalized spacial score (nSPS) is 11.8. The molecule has 1 atom stereocenters. The largest absolute Gasteiger partial charge is 0.508 e. The number of hydrogen-bond acceptors (Lipinski definition) is 2. The van der Waals surface area contributed by atoms with Crippen LogP contribution < -0.4 is 0 Å². The Balaban J connectivity index is 1.96. The molecule has 0 aliphatic heterocycles. The molecule has 0 aromatic heterocycles. The fraction of sp³-hybridized carbons (Fsp3) is 0.0952. The topological polar surface area (TPSA) is 37.3 Å². The molecule has 0 heterocycles. The Hall–Kier alpha value is -2.87. The molecule has 0 radical (unpaired) electrons. The number of Topliss-reactive ketones (excluding diaryl/α,β-unsaturated/α-hetero) is 1. The Kier molecular flexibility index (Phi) is 4.53. The van der Waals surface area contributed by atoms with Gasteiger partial charge >= 0.3 is 0 Å². The molecule has 2 nitrogen and oxygen atoms in total. The summed E-state index contributed by atoms with van der Waals surface area (Å²) in [5.74, 6) is 0.0574. The number of phenolic OH excluding ortho intramolecular Hbond substituents is 1. The molecule has 0 amide bonds. The van der Waals surface area contributed by atoms with E-state index < -0.39 is 0 Å². The lowest BCUT2D eigenvalue weighted by Gasteiger charge is -2.17. The Bertz CT molecular complexity index is 779. The van der Waals surface area contributed by atoms with Gasteiger partial charge in [0, 0.05) is 5.56 Å². The van der Waals surface area contributed by atoms with E-state index in [1.165, 1.54) is 0 Å². The summed E-state index contributed by atoms with van der Waals surface area (Å²) in [6.07, 6.45) is 0.562. The van der Waals surface area contributed by atoms with Crippen LogP contribution in [0.2, 0.25) is 0 Å². The number of carbonyl (C=O) groups is 1. The molecular weight excluding hydrogens is 284 g/mol. The van der Waals surface area contributed by atoms with Crippen LogP contribution >= 0.6 is 0 Å². The zero-order chi connectivity index (χ0) is 16.1. The number of hydrogen-bond donors (Lipinski definition) is 1. The number of rotatable bonds is 5. The van der Waals surface area contributed by atoms with Crippen molar-refractivity contribution in [2.45, 2.75) is 12.3 Å². The third-order valence-electron chi connectivity index (χ3n) is 3.93. The minimum Gasteiger partial charge on any atom is -0.508 e. The number of carbonyl (C=O) groups excluding carboxylic acids is 1. The summed E-state index contributed by atoms with van der Waals surface area (Å²) < 4.78 is 0. The second-order valence-corrected chi connectivity index (χ2v) is 5.57. The first-order chi connectivity index (χ1) is 11.2. The van der Waals surface area contributed by atoms with E-state index in [1.54, 1.807) is 18.2 Å². The van der Waals surface area contributed by atoms with E-state index in [0.29, 0.717) is 12.0 Å². The van der Waals surface area contributed by atoms with Crippen LogP contribution in [-0.4, -0.2) is 10.9 Å². The molecule has 3 rings (SSSR count). The molecule has 3 aromatic rings. The summed E-state index contributed by atoms with van der Waals surface area (Å²) in [5, 5.41) is 9.67. The van der Waals surface area contributed by atoms with Crippen molar-refractivity contribution in [3.8, 4) is 5.75 Å². The summed E-state index contributed by atoms with van der Waals surface area (Å²) in [6.45, 7) is 0. The Morgan fingerprint density at radius 1 is 0.826 bits per heavy atom. The van der Waals surface area contributed by atoms with Gasteiger partial charge in [0.2, 0.25) is 0 Å². The van der Waals surface area contributed by atoms with Crippen molar-refractivity contribution in [3.05, 3.63) is 102 Å². The molecule has 0 aliphatic rings.